The van der Waals surface area contributed by atoms with E-state index in [9.17, 15) is 5.11 Å². The van der Waals surface area contributed by atoms with Gasteiger partial charge in [-0.1, -0.05) is 0 Å². The van der Waals surface area contributed by atoms with Crippen LogP contribution in [0.2, 0.25) is 0 Å². The Hall–Kier alpha value is -0.710. The van der Waals surface area contributed by atoms with Crippen LogP contribution in [0.5, 0.6) is 5.75 Å². The molecule has 0 unspecified atom stereocenters. The summed E-state index contributed by atoms with van der Waals surface area (Å²) >= 11 is 4.27. The van der Waals surface area contributed by atoms with Gasteiger partial charge in [-0.15, -0.1) is 10.2 Å². The Morgan fingerprint density at radius 3 is 2.62 bits per heavy atom. The maximum atomic E-state index is 9.81. The molecular formula is C9H6I2N4O. The average molecular weight is 440 g/mol. The normalized spacial score (nSPS) is 11.1. The number of benzene rings is 1. The van der Waals surface area contributed by atoms with Crippen molar-refractivity contribution < 1.29 is 5.11 Å². The van der Waals surface area contributed by atoms with Gasteiger partial charge in [0.05, 0.1) is 9.78 Å². The molecule has 0 bridgehead atoms. The molecule has 0 amide bonds. The molecule has 0 spiro atoms. The molecule has 16 heavy (non-hydrogen) atoms. The van der Waals surface area contributed by atoms with E-state index in [1.54, 1.807) is 6.21 Å². The number of phenols is 1. The van der Waals surface area contributed by atoms with Crippen molar-refractivity contribution in [1.29, 1.82) is 0 Å². The zero-order chi connectivity index (χ0) is 11.5. The molecule has 1 aromatic carbocycles. The van der Waals surface area contributed by atoms with Gasteiger partial charge in [0.15, 0.2) is 0 Å². The number of aromatic nitrogens is 3. The van der Waals surface area contributed by atoms with Gasteiger partial charge in [-0.3, -0.25) is 0 Å². The van der Waals surface area contributed by atoms with Crippen molar-refractivity contribution >= 4 is 51.4 Å². The Bertz CT molecular complexity index is 525. The van der Waals surface area contributed by atoms with Crippen LogP contribution in [-0.2, 0) is 0 Å². The smallest absolute Gasteiger partial charge is 0.141 e. The topological polar surface area (TPSA) is 63.3 Å². The van der Waals surface area contributed by atoms with E-state index in [1.807, 2.05) is 12.1 Å². The van der Waals surface area contributed by atoms with Crippen molar-refractivity contribution in [2.45, 2.75) is 0 Å². The maximum Gasteiger partial charge on any atom is 0.141 e. The number of halogens is 2. The third-order valence-electron chi connectivity index (χ3n) is 1.79. The first-order valence-electron chi connectivity index (χ1n) is 4.24. The Kier molecular flexibility index (Phi) is 3.74. The second-order valence-electron chi connectivity index (χ2n) is 2.91. The van der Waals surface area contributed by atoms with Gasteiger partial charge >= 0.3 is 0 Å². The van der Waals surface area contributed by atoms with Crippen molar-refractivity contribution in [1.82, 2.24) is 14.9 Å². The molecule has 0 atom stereocenters. The van der Waals surface area contributed by atoms with E-state index in [2.05, 4.69) is 60.5 Å². The first-order chi connectivity index (χ1) is 7.66. The molecule has 0 aliphatic carbocycles. The Morgan fingerprint density at radius 1 is 1.25 bits per heavy atom. The van der Waals surface area contributed by atoms with E-state index in [4.69, 9.17) is 0 Å². The highest BCUT2D eigenvalue weighted by molar-refractivity contribution is 14.1. The highest BCUT2D eigenvalue weighted by Gasteiger charge is 2.04. The molecule has 1 aromatic heterocycles. The molecular weight excluding hydrogens is 434 g/mol. The number of rotatable bonds is 2. The summed E-state index contributed by atoms with van der Waals surface area (Å²) in [5.74, 6) is 0.234. The first kappa shape index (κ1) is 11.8. The van der Waals surface area contributed by atoms with Crippen LogP contribution >= 0.6 is 45.2 Å². The van der Waals surface area contributed by atoms with Gasteiger partial charge < -0.3 is 5.11 Å². The Balaban J connectivity index is 2.34. The zero-order valence-corrected chi connectivity index (χ0v) is 12.2. The largest absolute Gasteiger partial charge is 0.506 e. The van der Waals surface area contributed by atoms with E-state index >= 15 is 0 Å². The summed E-state index contributed by atoms with van der Waals surface area (Å²) in [5, 5.41) is 21.1. The first-order valence-corrected chi connectivity index (χ1v) is 6.39. The van der Waals surface area contributed by atoms with E-state index in [-0.39, 0.29) is 5.75 Å². The predicted octanol–water partition coefficient (Wildman–Crippen LogP) is 2.08. The Labute approximate surface area is 119 Å². The van der Waals surface area contributed by atoms with Crippen molar-refractivity contribution in [3.8, 4) is 5.75 Å². The highest BCUT2D eigenvalue weighted by atomic mass is 127. The second-order valence-corrected chi connectivity index (χ2v) is 5.32. The van der Waals surface area contributed by atoms with Gasteiger partial charge in [0.2, 0.25) is 0 Å². The van der Waals surface area contributed by atoms with Crippen molar-refractivity contribution in [3.05, 3.63) is 37.5 Å². The minimum Gasteiger partial charge on any atom is -0.506 e. The quantitative estimate of drug-likeness (QED) is 0.575. The van der Waals surface area contributed by atoms with Crippen molar-refractivity contribution in [2.75, 3.05) is 0 Å². The molecule has 7 heteroatoms. The maximum absolute atomic E-state index is 9.81. The van der Waals surface area contributed by atoms with Crippen LogP contribution in [0.3, 0.4) is 0 Å². The minimum absolute atomic E-state index is 0.234. The lowest BCUT2D eigenvalue weighted by Crippen LogP contribution is -1.91. The molecule has 0 saturated heterocycles. The monoisotopic (exact) mass is 440 g/mol. The molecule has 0 fully saturated rings. The van der Waals surface area contributed by atoms with Gasteiger partial charge in [0.1, 0.15) is 18.4 Å². The average Bonchev–Trinajstić information content (AvgIpc) is 2.74. The summed E-state index contributed by atoms with van der Waals surface area (Å²) in [4.78, 5) is 0. The fourth-order valence-corrected chi connectivity index (χ4v) is 2.96. The van der Waals surface area contributed by atoms with Gasteiger partial charge in [0.25, 0.3) is 0 Å². The summed E-state index contributed by atoms with van der Waals surface area (Å²) in [6.45, 7) is 0. The fraction of sp³-hybridized carbons (Fsp3) is 0. The van der Waals surface area contributed by atoms with E-state index < -0.39 is 0 Å². The minimum atomic E-state index is 0.234. The van der Waals surface area contributed by atoms with Gasteiger partial charge in [0, 0.05) is 9.13 Å². The lowest BCUT2D eigenvalue weighted by atomic mass is 10.2. The SMILES string of the molecule is Oc1c(I)cc(I)cc1/C=N/n1cnnc1. The van der Waals surface area contributed by atoms with Crippen LogP contribution in [-0.4, -0.2) is 26.2 Å². The molecule has 82 valence electrons. The summed E-state index contributed by atoms with van der Waals surface area (Å²) in [7, 11) is 0. The van der Waals surface area contributed by atoms with Gasteiger partial charge in [-0.2, -0.15) is 5.10 Å². The van der Waals surface area contributed by atoms with Crippen LogP contribution in [0.1, 0.15) is 5.56 Å². The molecule has 0 aliphatic heterocycles. The number of hydrogen-bond donors (Lipinski definition) is 1. The van der Waals surface area contributed by atoms with Crippen LogP contribution in [0, 0.1) is 7.14 Å². The molecule has 5 nitrogen and oxygen atoms in total. The lowest BCUT2D eigenvalue weighted by molar-refractivity contribution is 0.470. The van der Waals surface area contributed by atoms with Gasteiger partial charge in [-0.05, 0) is 57.3 Å². The van der Waals surface area contributed by atoms with Crippen LogP contribution in [0.25, 0.3) is 0 Å². The van der Waals surface area contributed by atoms with E-state index in [0.717, 1.165) is 7.14 Å². The molecule has 1 N–H and O–H groups in total. The van der Waals surface area contributed by atoms with Crippen LogP contribution < -0.4 is 0 Å². The summed E-state index contributed by atoms with van der Waals surface area (Å²) in [6.07, 6.45) is 4.53. The van der Waals surface area contributed by atoms with Gasteiger partial charge in [-0.25, -0.2) is 4.68 Å². The van der Waals surface area contributed by atoms with Crippen molar-refractivity contribution in [2.24, 2.45) is 5.10 Å². The second kappa shape index (κ2) is 5.08. The number of hydrogen-bond acceptors (Lipinski definition) is 4. The van der Waals surface area contributed by atoms with Crippen LogP contribution in [0.15, 0.2) is 29.9 Å². The molecule has 2 aromatic rings. The van der Waals surface area contributed by atoms with E-state index in [1.165, 1.54) is 17.3 Å². The number of aromatic hydroxyl groups is 1. The number of nitrogens with zero attached hydrogens (tertiary/aromatic N) is 4. The summed E-state index contributed by atoms with van der Waals surface area (Å²) < 4.78 is 3.31. The van der Waals surface area contributed by atoms with E-state index in [0.29, 0.717) is 5.56 Å². The highest BCUT2D eigenvalue weighted by Crippen LogP contribution is 2.25. The zero-order valence-electron chi connectivity index (χ0n) is 7.88. The molecule has 0 aliphatic rings. The van der Waals surface area contributed by atoms with Crippen LogP contribution in [0.4, 0.5) is 0 Å². The lowest BCUT2D eigenvalue weighted by Gasteiger charge is -2.02. The Morgan fingerprint density at radius 2 is 1.94 bits per heavy atom. The molecule has 0 radical (unpaired) electrons. The number of phenolic OH excluding ortho intramolecular Hbond substituents is 1. The molecule has 0 saturated carbocycles. The molecule has 2 rings (SSSR count). The standard InChI is InChI=1S/C9H6I2N4O/c10-7-1-6(9(16)8(11)2-7)3-14-15-4-12-13-5-15/h1-5,16H/b14-3+. The molecule has 1 heterocycles. The van der Waals surface area contributed by atoms with Crippen molar-refractivity contribution in [3.63, 3.8) is 0 Å². The third kappa shape index (κ3) is 2.70. The predicted molar refractivity (Wildman–Crippen MR) is 76.6 cm³/mol. The summed E-state index contributed by atoms with van der Waals surface area (Å²) in [6, 6.07) is 3.75. The third-order valence-corrected chi connectivity index (χ3v) is 3.24. The summed E-state index contributed by atoms with van der Waals surface area (Å²) in [5.41, 5.74) is 0.671. The fourth-order valence-electron chi connectivity index (χ4n) is 1.07.